The number of rotatable bonds is 2. The average Bonchev–Trinajstić information content (AvgIpc) is 2.23. The van der Waals surface area contributed by atoms with Gasteiger partial charge in [-0.1, -0.05) is 11.6 Å². The number of carbonyl (C=O) groups is 1. The minimum Gasteiger partial charge on any atom is -0.505 e. The predicted molar refractivity (Wildman–Crippen MR) is 58.4 cm³/mol. The molecule has 6 heteroatoms. The van der Waals surface area contributed by atoms with E-state index in [9.17, 15) is 9.90 Å². The van der Waals surface area contributed by atoms with Crippen LogP contribution in [0.3, 0.4) is 0 Å². The largest absolute Gasteiger partial charge is 0.505 e. The van der Waals surface area contributed by atoms with Crippen molar-refractivity contribution in [3.8, 4) is 5.75 Å². The first kappa shape index (κ1) is 11.5. The van der Waals surface area contributed by atoms with Crippen LogP contribution in [0, 0.1) is 0 Å². The molecule has 15 heavy (non-hydrogen) atoms. The maximum Gasteiger partial charge on any atom is 0.341 e. The van der Waals surface area contributed by atoms with Crippen LogP contribution in [-0.4, -0.2) is 25.2 Å². The molecule has 0 aliphatic carbocycles. The zero-order valence-corrected chi connectivity index (χ0v) is 9.05. The molecule has 0 aliphatic heterocycles. The average molecular weight is 231 g/mol. The maximum absolute atomic E-state index is 11.2. The van der Waals surface area contributed by atoms with Crippen LogP contribution in [0.2, 0.25) is 5.02 Å². The maximum atomic E-state index is 11.2. The lowest BCUT2D eigenvalue weighted by molar-refractivity contribution is 0.0597. The summed E-state index contributed by atoms with van der Waals surface area (Å²) in [5.74, 6) is -1.03. The zero-order chi connectivity index (χ0) is 11.6. The Labute approximate surface area is 91.8 Å². The molecule has 1 rings (SSSR count). The van der Waals surface area contributed by atoms with Gasteiger partial charge in [0.25, 0.3) is 0 Å². The second kappa shape index (κ2) is 4.27. The van der Waals surface area contributed by atoms with Gasteiger partial charge < -0.3 is 20.9 Å². The van der Waals surface area contributed by atoms with Crippen molar-refractivity contribution < 1.29 is 14.6 Å². The van der Waals surface area contributed by atoms with Crippen LogP contribution in [0.5, 0.6) is 5.75 Å². The number of nitrogen functional groups attached to an aromatic ring is 1. The number of aromatic hydroxyl groups is 1. The highest BCUT2D eigenvalue weighted by Gasteiger charge is 2.19. The lowest BCUT2D eigenvalue weighted by atomic mass is 10.1. The Morgan fingerprint density at radius 3 is 2.73 bits per heavy atom. The van der Waals surface area contributed by atoms with E-state index < -0.39 is 5.97 Å². The van der Waals surface area contributed by atoms with Crippen LogP contribution in [0.1, 0.15) is 10.4 Å². The third kappa shape index (κ3) is 1.92. The quantitative estimate of drug-likeness (QED) is 0.407. The molecule has 1 aromatic rings. The number of ether oxygens (including phenoxy) is 1. The number of hydrogen-bond acceptors (Lipinski definition) is 5. The van der Waals surface area contributed by atoms with E-state index in [-0.39, 0.29) is 22.0 Å². The molecule has 0 aromatic heterocycles. The number of anilines is 2. The molecule has 0 fully saturated rings. The molecule has 0 amide bonds. The van der Waals surface area contributed by atoms with E-state index in [1.54, 1.807) is 7.05 Å². The molecule has 82 valence electrons. The molecule has 0 radical (unpaired) electrons. The van der Waals surface area contributed by atoms with Crippen molar-refractivity contribution in [3.63, 3.8) is 0 Å². The van der Waals surface area contributed by atoms with Gasteiger partial charge in [0.15, 0.2) is 5.75 Å². The Hall–Kier alpha value is -1.62. The van der Waals surface area contributed by atoms with Gasteiger partial charge in [0.1, 0.15) is 5.56 Å². The SMILES string of the molecule is CNc1c(Cl)cc(C(=O)OC)c(O)c1N. The van der Waals surface area contributed by atoms with E-state index in [1.165, 1.54) is 13.2 Å². The van der Waals surface area contributed by atoms with Gasteiger partial charge in [0.05, 0.1) is 23.5 Å². The van der Waals surface area contributed by atoms with Gasteiger partial charge in [-0.05, 0) is 6.07 Å². The van der Waals surface area contributed by atoms with Crippen molar-refractivity contribution in [1.82, 2.24) is 0 Å². The minimum absolute atomic E-state index is 0.0189. The molecule has 0 atom stereocenters. The van der Waals surface area contributed by atoms with E-state index in [2.05, 4.69) is 10.1 Å². The molecule has 0 saturated heterocycles. The summed E-state index contributed by atoms with van der Waals surface area (Å²) in [6.07, 6.45) is 0. The molecule has 1 aromatic carbocycles. The molecule has 0 saturated carbocycles. The van der Waals surface area contributed by atoms with Crippen molar-refractivity contribution in [2.45, 2.75) is 0 Å². The number of carbonyl (C=O) groups excluding carboxylic acids is 1. The van der Waals surface area contributed by atoms with Crippen LogP contribution in [0.25, 0.3) is 0 Å². The van der Waals surface area contributed by atoms with Gasteiger partial charge in [0.2, 0.25) is 0 Å². The van der Waals surface area contributed by atoms with Crippen LogP contribution in [-0.2, 0) is 4.74 Å². The third-order valence-electron chi connectivity index (χ3n) is 1.94. The first-order chi connectivity index (χ1) is 7.02. The van der Waals surface area contributed by atoms with Crippen molar-refractivity contribution in [3.05, 3.63) is 16.7 Å². The van der Waals surface area contributed by atoms with Gasteiger partial charge in [-0.3, -0.25) is 0 Å². The molecular weight excluding hydrogens is 220 g/mol. The van der Waals surface area contributed by atoms with Crippen LogP contribution in [0.4, 0.5) is 11.4 Å². The van der Waals surface area contributed by atoms with E-state index >= 15 is 0 Å². The summed E-state index contributed by atoms with van der Waals surface area (Å²) in [6.45, 7) is 0. The third-order valence-corrected chi connectivity index (χ3v) is 2.24. The summed E-state index contributed by atoms with van der Waals surface area (Å²) in [5, 5.41) is 12.6. The van der Waals surface area contributed by atoms with Crippen molar-refractivity contribution >= 4 is 28.9 Å². The lowest BCUT2D eigenvalue weighted by Crippen LogP contribution is -2.05. The summed E-state index contributed by atoms with van der Waals surface area (Å²) in [6, 6.07) is 1.30. The zero-order valence-electron chi connectivity index (χ0n) is 8.30. The number of halogens is 1. The molecule has 0 aliphatic rings. The van der Waals surface area contributed by atoms with Crippen molar-refractivity contribution in [1.29, 1.82) is 0 Å². The molecule has 0 spiro atoms. The van der Waals surface area contributed by atoms with Crippen molar-refractivity contribution in [2.75, 3.05) is 25.2 Å². The number of esters is 1. The van der Waals surface area contributed by atoms with Gasteiger partial charge in [-0.25, -0.2) is 4.79 Å². The minimum atomic E-state index is -0.691. The number of phenolic OH excluding ortho intramolecular Hbond substituents is 1. The molecule has 0 unspecified atom stereocenters. The second-order valence-corrected chi connectivity index (χ2v) is 3.19. The Morgan fingerprint density at radius 2 is 2.27 bits per heavy atom. The highest BCUT2D eigenvalue weighted by molar-refractivity contribution is 6.34. The standard InChI is InChI=1S/C9H11ClN2O3/c1-12-7-5(10)3-4(9(14)15-2)8(13)6(7)11/h3,12-13H,11H2,1-2H3. The molecule has 0 heterocycles. The number of methoxy groups -OCH3 is 1. The van der Waals surface area contributed by atoms with E-state index in [0.29, 0.717) is 5.69 Å². The van der Waals surface area contributed by atoms with Crippen LogP contribution in [0.15, 0.2) is 6.07 Å². The van der Waals surface area contributed by atoms with Crippen LogP contribution < -0.4 is 11.1 Å². The summed E-state index contributed by atoms with van der Waals surface area (Å²) in [5.41, 5.74) is 5.92. The summed E-state index contributed by atoms with van der Waals surface area (Å²) in [4.78, 5) is 11.2. The number of hydrogen-bond donors (Lipinski definition) is 3. The topological polar surface area (TPSA) is 84.6 Å². The summed E-state index contributed by atoms with van der Waals surface area (Å²) < 4.78 is 4.47. The number of nitrogens with one attached hydrogen (secondary N) is 1. The van der Waals surface area contributed by atoms with Crippen LogP contribution >= 0.6 is 11.6 Å². The van der Waals surface area contributed by atoms with E-state index in [0.717, 1.165) is 0 Å². The predicted octanol–water partition coefficient (Wildman–Crippen LogP) is 1.46. The van der Waals surface area contributed by atoms with Crippen molar-refractivity contribution in [2.24, 2.45) is 0 Å². The van der Waals surface area contributed by atoms with Gasteiger partial charge >= 0.3 is 5.97 Å². The van der Waals surface area contributed by atoms with Gasteiger partial charge in [0, 0.05) is 7.05 Å². The fourth-order valence-electron chi connectivity index (χ4n) is 1.18. The Balaban J connectivity index is 3.40. The molecule has 5 nitrogen and oxygen atoms in total. The van der Waals surface area contributed by atoms with E-state index in [4.69, 9.17) is 17.3 Å². The normalized spacial score (nSPS) is 9.80. The summed E-state index contributed by atoms with van der Waals surface area (Å²) >= 11 is 5.85. The Morgan fingerprint density at radius 1 is 1.67 bits per heavy atom. The lowest BCUT2D eigenvalue weighted by Gasteiger charge is -2.12. The number of nitrogens with two attached hydrogens (primary N) is 1. The number of phenols is 1. The molecule has 4 N–H and O–H groups in total. The molecule has 0 bridgehead atoms. The monoisotopic (exact) mass is 230 g/mol. The highest BCUT2D eigenvalue weighted by atomic mass is 35.5. The Bertz CT molecular complexity index is 407. The smallest absolute Gasteiger partial charge is 0.341 e. The first-order valence-electron chi connectivity index (χ1n) is 4.10. The second-order valence-electron chi connectivity index (χ2n) is 2.78. The summed E-state index contributed by atoms with van der Waals surface area (Å²) in [7, 11) is 2.81. The fourth-order valence-corrected chi connectivity index (χ4v) is 1.48. The van der Waals surface area contributed by atoms with Gasteiger partial charge in [-0.15, -0.1) is 0 Å². The van der Waals surface area contributed by atoms with Gasteiger partial charge in [-0.2, -0.15) is 0 Å². The molecular formula is C9H11ClN2O3. The van der Waals surface area contributed by atoms with E-state index in [1.807, 2.05) is 0 Å². The number of benzene rings is 1. The Kier molecular flexibility index (Phi) is 3.26. The fraction of sp³-hybridized carbons (Fsp3) is 0.222. The first-order valence-corrected chi connectivity index (χ1v) is 4.47. The highest BCUT2D eigenvalue weighted by Crippen LogP contribution is 2.38.